The van der Waals surface area contributed by atoms with Crippen LogP contribution in [0.4, 0.5) is 4.39 Å². The molecule has 1 aliphatic rings. The van der Waals surface area contributed by atoms with Gasteiger partial charge in [-0.1, -0.05) is 28.9 Å². The minimum atomic E-state index is -0.224. The Morgan fingerprint density at radius 3 is 2.84 bits per heavy atom. The van der Waals surface area contributed by atoms with Gasteiger partial charge in [0.05, 0.1) is 0 Å². The molecule has 0 N–H and O–H groups in total. The van der Waals surface area contributed by atoms with Gasteiger partial charge in [-0.2, -0.15) is 4.98 Å². The van der Waals surface area contributed by atoms with Gasteiger partial charge in [0, 0.05) is 25.9 Å². The first kappa shape index (κ1) is 17.3. The molecule has 1 amide bonds. The van der Waals surface area contributed by atoms with Gasteiger partial charge in [-0.15, -0.1) is 0 Å². The van der Waals surface area contributed by atoms with Crippen LogP contribution in [0.1, 0.15) is 43.0 Å². The highest BCUT2D eigenvalue weighted by Crippen LogP contribution is 2.20. The molecule has 0 aliphatic carbocycles. The van der Waals surface area contributed by atoms with Gasteiger partial charge in [0.2, 0.25) is 11.8 Å². The molecule has 0 radical (unpaired) electrons. The maximum Gasteiger partial charge on any atom is 0.226 e. The number of nitrogens with zero attached hydrogens (tertiary/aromatic N) is 3. The van der Waals surface area contributed by atoms with E-state index in [0.29, 0.717) is 31.0 Å². The summed E-state index contributed by atoms with van der Waals surface area (Å²) in [5, 5.41) is 3.74. The summed E-state index contributed by atoms with van der Waals surface area (Å²) >= 11 is 0. The van der Waals surface area contributed by atoms with Gasteiger partial charge in [-0.25, -0.2) is 4.39 Å². The minimum Gasteiger partial charge on any atom is -0.342 e. The van der Waals surface area contributed by atoms with Crippen LogP contribution in [-0.4, -0.2) is 34.0 Å². The fourth-order valence-electron chi connectivity index (χ4n) is 3.01. The maximum absolute atomic E-state index is 13.2. The Kier molecular flexibility index (Phi) is 5.58. The van der Waals surface area contributed by atoms with Crippen LogP contribution >= 0.6 is 0 Å². The summed E-state index contributed by atoms with van der Waals surface area (Å²) in [4.78, 5) is 18.3. The molecule has 1 saturated heterocycles. The normalized spacial score (nSPS) is 14.6. The monoisotopic (exact) mass is 343 g/mol. The lowest BCUT2D eigenvalue weighted by molar-refractivity contribution is -0.131. The van der Waals surface area contributed by atoms with E-state index in [1.807, 2.05) is 17.0 Å². The van der Waals surface area contributed by atoms with Crippen molar-refractivity contribution < 1.29 is 13.7 Å². The molecule has 0 spiro atoms. The summed E-state index contributed by atoms with van der Waals surface area (Å²) in [5.74, 6) is 1.15. The van der Waals surface area contributed by atoms with Crippen molar-refractivity contribution in [3.63, 3.8) is 0 Å². The third-order valence-corrected chi connectivity index (χ3v) is 4.33. The van der Waals surface area contributed by atoms with Gasteiger partial charge < -0.3 is 9.42 Å². The molecule has 1 aromatic carbocycles. The van der Waals surface area contributed by atoms with E-state index in [1.165, 1.54) is 17.7 Å². The Morgan fingerprint density at radius 2 is 2.16 bits per heavy atom. The van der Waals surface area contributed by atoms with E-state index in [0.717, 1.165) is 31.5 Å². The number of carbonyl (C=O) groups is 1. The number of amides is 1. The number of halogens is 1. The zero-order chi connectivity index (χ0) is 17.6. The quantitative estimate of drug-likeness (QED) is 0.833. The van der Waals surface area contributed by atoms with E-state index in [1.54, 1.807) is 13.0 Å². The molecule has 0 unspecified atom stereocenters. The average molecular weight is 343 g/mol. The second-order valence-corrected chi connectivity index (χ2v) is 6.33. The minimum absolute atomic E-state index is 0.168. The Labute approximate surface area is 146 Å². The average Bonchev–Trinajstić information content (AvgIpc) is 3.01. The van der Waals surface area contributed by atoms with Crippen molar-refractivity contribution in [3.8, 4) is 0 Å². The zero-order valence-electron chi connectivity index (χ0n) is 14.4. The Morgan fingerprint density at radius 1 is 1.36 bits per heavy atom. The highest BCUT2D eigenvalue weighted by molar-refractivity contribution is 5.76. The third kappa shape index (κ3) is 4.98. The van der Waals surface area contributed by atoms with Crippen LogP contribution in [0, 0.1) is 12.7 Å². The van der Waals surface area contributed by atoms with Crippen molar-refractivity contribution in [1.82, 2.24) is 15.0 Å². The van der Waals surface area contributed by atoms with E-state index in [4.69, 9.17) is 4.52 Å². The summed E-state index contributed by atoms with van der Waals surface area (Å²) < 4.78 is 18.3. The van der Waals surface area contributed by atoms with Crippen molar-refractivity contribution in [2.45, 2.75) is 39.0 Å². The van der Waals surface area contributed by atoms with Gasteiger partial charge in [0.25, 0.3) is 0 Å². The topological polar surface area (TPSA) is 59.2 Å². The van der Waals surface area contributed by atoms with Crippen molar-refractivity contribution in [1.29, 1.82) is 0 Å². The predicted molar refractivity (Wildman–Crippen MR) is 92.2 cm³/mol. The van der Waals surface area contributed by atoms with E-state index in [9.17, 15) is 9.18 Å². The number of rotatable bonds is 5. The van der Waals surface area contributed by atoms with Gasteiger partial charge in [-0.3, -0.25) is 4.79 Å². The molecule has 1 fully saturated rings. The van der Waals surface area contributed by atoms with Crippen LogP contribution in [0.2, 0.25) is 0 Å². The number of aryl methyl sites for hydroxylation is 2. The molecule has 2 heterocycles. The van der Waals surface area contributed by atoms with Gasteiger partial charge in [0.15, 0.2) is 5.82 Å². The largest absolute Gasteiger partial charge is 0.342 e. The molecule has 0 saturated carbocycles. The molecule has 132 valence electrons. The van der Waals surface area contributed by atoms with Crippen molar-refractivity contribution in [2.24, 2.45) is 0 Å². The van der Waals surface area contributed by atoms with Crippen LogP contribution in [0.5, 0.6) is 0 Å². The molecule has 5 nitrogen and oxygen atoms in total. The molecule has 3 rings (SSSR count). The Bertz CT molecular complexity index is 760. The number of hydrogen-bond acceptors (Lipinski definition) is 4. The van der Waals surface area contributed by atoms with E-state index >= 15 is 0 Å². The number of benzene rings is 1. The van der Waals surface area contributed by atoms with Crippen molar-refractivity contribution in [2.75, 3.05) is 13.1 Å². The second-order valence-electron chi connectivity index (χ2n) is 6.33. The number of aromatic nitrogens is 2. The van der Waals surface area contributed by atoms with Crippen LogP contribution < -0.4 is 0 Å². The Hall–Kier alpha value is -2.50. The summed E-state index contributed by atoms with van der Waals surface area (Å²) in [6, 6.07) is 6.58. The smallest absolute Gasteiger partial charge is 0.226 e. The maximum atomic E-state index is 13.2. The SMILES string of the molecule is Cc1noc(CCCC(=O)N2CCC(=Cc3cccc(F)c3)CC2)n1. The van der Waals surface area contributed by atoms with Crippen molar-refractivity contribution in [3.05, 3.63) is 52.9 Å². The lowest BCUT2D eigenvalue weighted by Gasteiger charge is -2.28. The number of hydrogen-bond donors (Lipinski definition) is 0. The first-order valence-electron chi connectivity index (χ1n) is 8.62. The molecule has 1 aliphatic heterocycles. The highest BCUT2D eigenvalue weighted by atomic mass is 19.1. The predicted octanol–water partition coefficient (Wildman–Crippen LogP) is 3.55. The third-order valence-electron chi connectivity index (χ3n) is 4.33. The zero-order valence-corrected chi connectivity index (χ0v) is 14.4. The van der Waals surface area contributed by atoms with Crippen molar-refractivity contribution >= 4 is 12.0 Å². The van der Waals surface area contributed by atoms with Crippen LogP contribution in [0.25, 0.3) is 6.08 Å². The van der Waals surface area contributed by atoms with E-state index in [2.05, 4.69) is 10.1 Å². The molecule has 0 bridgehead atoms. The number of likely N-dealkylation sites (tertiary alicyclic amines) is 1. The lowest BCUT2D eigenvalue weighted by Crippen LogP contribution is -2.36. The second kappa shape index (κ2) is 8.05. The molecular formula is C19H22FN3O2. The van der Waals surface area contributed by atoms with Crippen LogP contribution in [0.15, 0.2) is 34.4 Å². The number of piperidine rings is 1. The number of carbonyl (C=O) groups excluding carboxylic acids is 1. The molecule has 6 heteroatoms. The molecular weight excluding hydrogens is 321 g/mol. The van der Waals surface area contributed by atoms with E-state index in [-0.39, 0.29) is 11.7 Å². The highest BCUT2D eigenvalue weighted by Gasteiger charge is 2.19. The first-order valence-corrected chi connectivity index (χ1v) is 8.62. The van der Waals surface area contributed by atoms with Gasteiger partial charge in [0.1, 0.15) is 5.82 Å². The first-order chi connectivity index (χ1) is 12.1. The molecule has 25 heavy (non-hydrogen) atoms. The van der Waals surface area contributed by atoms with E-state index < -0.39 is 0 Å². The fraction of sp³-hybridized carbons (Fsp3) is 0.421. The summed E-state index contributed by atoms with van der Waals surface area (Å²) in [5.41, 5.74) is 2.14. The lowest BCUT2D eigenvalue weighted by atomic mass is 10.0. The molecule has 2 aromatic rings. The summed E-state index contributed by atoms with van der Waals surface area (Å²) in [6.45, 7) is 3.22. The standard InChI is InChI=1S/C19H22FN3O2/c1-14-21-18(25-22-14)6-3-7-19(24)23-10-8-15(9-11-23)12-16-4-2-5-17(20)13-16/h2,4-5,12-13H,3,6-11H2,1H3. The van der Waals surface area contributed by atoms with Crippen LogP contribution in [0.3, 0.4) is 0 Å². The summed E-state index contributed by atoms with van der Waals surface area (Å²) in [7, 11) is 0. The van der Waals surface area contributed by atoms with Gasteiger partial charge in [-0.05, 0) is 43.9 Å². The molecule has 0 atom stereocenters. The molecule has 1 aromatic heterocycles. The summed E-state index contributed by atoms with van der Waals surface area (Å²) in [6.07, 6.45) is 5.54. The Balaban J connectivity index is 1.44. The fourth-order valence-corrected chi connectivity index (χ4v) is 3.01. The van der Waals surface area contributed by atoms with Crippen LogP contribution in [-0.2, 0) is 11.2 Å². The van der Waals surface area contributed by atoms with Gasteiger partial charge >= 0.3 is 0 Å².